The summed E-state index contributed by atoms with van der Waals surface area (Å²) in [5.74, 6) is -0.00341. The number of carboxylic acids is 1. The van der Waals surface area contributed by atoms with E-state index in [9.17, 15) is 9.90 Å². The van der Waals surface area contributed by atoms with Crippen molar-refractivity contribution in [1.29, 1.82) is 0 Å². The smallest absolute Gasteiger partial charge is 0.310 e. The van der Waals surface area contributed by atoms with Gasteiger partial charge in [-0.05, 0) is 43.0 Å². The molecule has 0 aliphatic carbocycles. The number of halogens is 1. The maximum atomic E-state index is 11.6. The number of rotatable bonds is 4. The van der Waals surface area contributed by atoms with E-state index in [1.165, 1.54) is 0 Å². The molecule has 1 aliphatic heterocycles. The Balaban J connectivity index is 2.28. The molecule has 0 amide bonds. The van der Waals surface area contributed by atoms with E-state index in [2.05, 4.69) is 15.9 Å². The number of carboxylic acid groups (broad SMARTS) is 1. The quantitative estimate of drug-likeness (QED) is 0.923. The molecule has 1 saturated heterocycles. The summed E-state index contributed by atoms with van der Waals surface area (Å²) in [6.07, 6.45) is 1.58. The Kier molecular flexibility index (Phi) is 4.47. The molecule has 1 aromatic carbocycles. The van der Waals surface area contributed by atoms with Crippen LogP contribution in [0.2, 0.25) is 0 Å². The van der Waals surface area contributed by atoms with Crippen LogP contribution in [-0.4, -0.2) is 31.4 Å². The second kappa shape index (κ2) is 5.92. The van der Waals surface area contributed by atoms with Crippen molar-refractivity contribution in [2.75, 3.05) is 20.3 Å². The summed E-state index contributed by atoms with van der Waals surface area (Å²) in [4.78, 5) is 11.6. The fourth-order valence-corrected chi connectivity index (χ4v) is 2.79. The van der Waals surface area contributed by atoms with Crippen LogP contribution >= 0.6 is 15.9 Å². The molecule has 1 aromatic rings. The van der Waals surface area contributed by atoms with Gasteiger partial charge >= 0.3 is 5.97 Å². The third kappa shape index (κ3) is 3.09. The van der Waals surface area contributed by atoms with E-state index < -0.39 is 11.4 Å². The highest BCUT2D eigenvalue weighted by molar-refractivity contribution is 9.10. The number of benzene rings is 1. The molecule has 0 unspecified atom stereocenters. The molecule has 0 bridgehead atoms. The lowest BCUT2D eigenvalue weighted by Gasteiger charge is -2.33. The molecule has 1 heterocycles. The van der Waals surface area contributed by atoms with Gasteiger partial charge in [-0.3, -0.25) is 4.79 Å². The first kappa shape index (κ1) is 14.3. The molecule has 1 N–H and O–H groups in total. The van der Waals surface area contributed by atoms with Crippen LogP contribution in [0.1, 0.15) is 18.4 Å². The number of methoxy groups -OCH3 is 1. The maximum absolute atomic E-state index is 11.6. The molecule has 0 atom stereocenters. The third-order valence-corrected chi connectivity index (χ3v) is 4.46. The SMILES string of the molecule is COc1ccc(Br)c(CC2(C(=O)O)CCOCC2)c1. The van der Waals surface area contributed by atoms with Crippen molar-refractivity contribution in [3.8, 4) is 5.75 Å². The number of ether oxygens (including phenoxy) is 2. The zero-order valence-electron chi connectivity index (χ0n) is 10.8. The molecule has 0 radical (unpaired) electrons. The van der Waals surface area contributed by atoms with E-state index >= 15 is 0 Å². The number of carbonyl (C=O) groups is 1. The van der Waals surface area contributed by atoms with Crippen molar-refractivity contribution in [2.45, 2.75) is 19.3 Å². The second-order valence-corrected chi connectivity index (χ2v) is 5.69. The van der Waals surface area contributed by atoms with Crippen LogP contribution in [0.25, 0.3) is 0 Å². The summed E-state index contributed by atoms with van der Waals surface area (Å²) in [6.45, 7) is 1.02. The highest BCUT2D eigenvalue weighted by atomic mass is 79.9. The van der Waals surface area contributed by atoms with E-state index in [1.54, 1.807) is 7.11 Å². The summed E-state index contributed by atoms with van der Waals surface area (Å²) < 4.78 is 11.4. The minimum atomic E-state index is -0.745. The lowest BCUT2D eigenvalue weighted by atomic mass is 9.75. The van der Waals surface area contributed by atoms with Gasteiger partial charge in [0.05, 0.1) is 12.5 Å². The van der Waals surface area contributed by atoms with Crippen LogP contribution in [0, 0.1) is 5.41 Å². The maximum Gasteiger partial charge on any atom is 0.310 e. The molecule has 5 heteroatoms. The van der Waals surface area contributed by atoms with Gasteiger partial charge in [-0.15, -0.1) is 0 Å². The predicted molar refractivity (Wildman–Crippen MR) is 74.5 cm³/mol. The predicted octanol–water partition coefficient (Wildman–Crippen LogP) is 2.88. The molecule has 4 nitrogen and oxygen atoms in total. The van der Waals surface area contributed by atoms with Crippen LogP contribution in [0.15, 0.2) is 22.7 Å². The highest BCUT2D eigenvalue weighted by Gasteiger charge is 2.40. The first-order valence-electron chi connectivity index (χ1n) is 6.21. The molecular formula is C14H17BrO4. The van der Waals surface area contributed by atoms with Gasteiger partial charge in [0.1, 0.15) is 5.75 Å². The van der Waals surface area contributed by atoms with Crippen molar-refractivity contribution in [1.82, 2.24) is 0 Å². The topological polar surface area (TPSA) is 55.8 Å². The van der Waals surface area contributed by atoms with Gasteiger partial charge in [0.25, 0.3) is 0 Å². The molecule has 2 rings (SSSR count). The Hall–Kier alpha value is -1.07. The average Bonchev–Trinajstić information content (AvgIpc) is 2.42. The molecular weight excluding hydrogens is 312 g/mol. The van der Waals surface area contributed by atoms with Crippen LogP contribution in [-0.2, 0) is 16.0 Å². The second-order valence-electron chi connectivity index (χ2n) is 4.83. The van der Waals surface area contributed by atoms with E-state index in [0.29, 0.717) is 32.5 Å². The van der Waals surface area contributed by atoms with Crippen molar-refractivity contribution >= 4 is 21.9 Å². The third-order valence-electron chi connectivity index (χ3n) is 3.69. The van der Waals surface area contributed by atoms with Gasteiger partial charge in [-0.1, -0.05) is 15.9 Å². The summed E-state index contributed by atoms with van der Waals surface area (Å²) >= 11 is 3.48. The molecule has 1 fully saturated rings. The summed E-state index contributed by atoms with van der Waals surface area (Å²) in [7, 11) is 1.61. The summed E-state index contributed by atoms with van der Waals surface area (Å²) in [5.41, 5.74) is 0.233. The van der Waals surface area contributed by atoms with Crippen LogP contribution in [0.5, 0.6) is 5.75 Å². The highest BCUT2D eigenvalue weighted by Crippen LogP contribution is 2.37. The number of aliphatic carboxylic acids is 1. The lowest BCUT2D eigenvalue weighted by Crippen LogP contribution is -2.39. The van der Waals surface area contributed by atoms with Crippen molar-refractivity contribution in [3.05, 3.63) is 28.2 Å². The van der Waals surface area contributed by atoms with E-state index in [4.69, 9.17) is 9.47 Å². The van der Waals surface area contributed by atoms with Crippen LogP contribution in [0.3, 0.4) is 0 Å². The van der Waals surface area contributed by atoms with Gasteiger partial charge < -0.3 is 14.6 Å². The fourth-order valence-electron chi connectivity index (χ4n) is 2.41. The lowest BCUT2D eigenvalue weighted by molar-refractivity contribution is -0.154. The first-order chi connectivity index (χ1) is 9.07. The normalized spacial score (nSPS) is 18.0. The molecule has 0 saturated carbocycles. The Labute approximate surface area is 120 Å². The van der Waals surface area contributed by atoms with Gasteiger partial charge in [-0.2, -0.15) is 0 Å². The summed E-state index contributed by atoms with van der Waals surface area (Å²) in [6, 6.07) is 5.64. The average molecular weight is 329 g/mol. The van der Waals surface area contributed by atoms with Crippen molar-refractivity contribution in [2.24, 2.45) is 5.41 Å². The molecule has 19 heavy (non-hydrogen) atoms. The molecule has 1 aliphatic rings. The van der Waals surface area contributed by atoms with Gasteiger partial charge in [0, 0.05) is 17.7 Å². The van der Waals surface area contributed by atoms with Gasteiger partial charge in [0.15, 0.2) is 0 Å². The minimum absolute atomic E-state index is 0.490. The number of hydrogen-bond acceptors (Lipinski definition) is 3. The van der Waals surface area contributed by atoms with Crippen molar-refractivity contribution < 1.29 is 19.4 Å². The fraction of sp³-hybridized carbons (Fsp3) is 0.500. The van der Waals surface area contributed by atoms with Crippen molar-refractivity contribution in [3.63, 3.8) is 0 Å². The Morgan fingerprint density at radius 1 is 1.47 bits per heavy atom. The van der Waals surface area contributed by atoms with Gasteiger partial charge in [-0.25, -0.2) is 0 Å². The zero-order chi connectivity index (χ0) is 13.9. The molecule has 0 aromatic heterocycles. The zero-order valence-corrected chi connectivity index (χ0v) is 12.4. The van der Waals surface area contributed by atoms with E-state index in [-0.39, 0.29) is 0 Å². The Bertz CT molecular complexity index is 467. The largest absolute Gasteiger partial charge is 0.497 e. The van der Waals surface area contributed by atoms with Gasteiger partial charge in [0.2, 0.25) is 0 Å². The van der Waals surface area contributed by atoms with Crippen LogP contribution in [0.4, 0.5) is 0 Å². The van der Waals surface area contributed by atoms with E-state index in [0.717, 1.165) is 15.8 Å². The molecule has 0 spiro atoms. The summed E-state index contributed by atoms with van der Waals surface area (Å²) in [5, 5.41) is 9.57. The minimum Gasteiger partial charge on any atom is -0.497 e. The van der Waals surface area contributed by atoms with Crippen LogP contribution < -0.4 is 4.74 Å². The Morgan fingerprint density at radius 2 is 2.16 bits per heavy atom. The number of hydrogen-bond donors (Lipinski definition) is 1. The van der Waals surface area contributed by atoms with E-state index in [1.807, 2.05) is 18.2 Å². The monoisotopic (exact) mass is 328 g/mol. The Morgan fingerprint density at radius 3 is 2.74 bits per heavy atom. The first-order valence-corrected chi connectivity index (χ1v) is 7.00. The molecule has 104 valence electrons. The standard InChI is InChI=1S/C14H17BrO4/c1-18-11-2-3-12(15)10(8-11)9-14(13(16)17)4-6-19-7-5-14/h2-3,8H,4-7,9H2,1H3,(H,16,17).